The van der Waals surface area contributed by atoms with Gasteiger partial charge in [0, 0.05) is 37.2 Å². The average molecular weight is 237 g/mol. The molecule has 16 heavy (non-hydrogen) atoms. The first-order chi connectivity index (χ1) is 7.69. The quantitative estimate of drug-likeness (QED) is 0.589. The third kappa shape index (κ3) is 3.29. The largest absolute Gasteiger partial charge is 0.399 e. The molecule has 5 heteroatoms. The Balaban J connectivity index is 0.000000386. The number of methoxy groups -OCH3 is 1. The minimum Gasteiger partial charge on any atom is -0.399 e. The lowest BCUT2D eigenvalue weighted by atomic mass is 10.3. The fraction of sp³-hybridized carbons (Fsp3) is 0.182. The smallest absolute Gasteiger partial charge is 0.0992 e. The second-order valence-corrected chi connectivity index (χ2v) is 3.61. The van der Waals surface area contributed by atoms with Gasteiger partial charge in [-0.25, -0.2) is 4.98 Å². The second kappa shape index (κ2) is 6.19. The van der Waals surface area contributed by atoms with Crippen molar-refractivity contribution in [1.29, 1.82) is 0 Å². The Labute approximate surface area is 100 Å². The number of benzene rings is 1. The van der Waals surface area contributed by atoms with E-state index in [2.05, 4.69) is 22.3 Å². The maximum absolute atomic E-state index is 5.67. The molecule has 0 spiro atoms. The van der Waals surface area contributed by atoms with E-state index in [0.29, 0.717) is 0 Å². The van der Waals surface area contributed by atoms with Crippen LogP contribution >= 0.6 is 12.6 Å². The molecule has 0 aliphatic carbocycles. The first-order valence-electron chi connectivity index (χ1n) is 4.66. The first kappa shape index (κ1) is 12.6. The van der Waals surface area contributed by atoms with Crippen LogP contribution in [0.1, 0.15) is 0 Å². The molecule has 1 heterocycles. The first-order valence-corrected chi connectivity index (χ1v) is 5.10. The van der Waals surface area contributed by atoms with Gasteiger partial charge in [-0.15, -0.1) is 12.6 Å². The third-order valence-corrected chi connectivity index (χ3v) is 2.16. The molecule has 0 unspecified atom stereocenters. The van der Waals surface area contributed by atoms with Crippen LogP contribution in [0.3, 0.4) is 0 Å². The van der Waals surface area contributed by atoms with Gasteiger partial charge >= 0.3 is 0 Å². The Morgan fingerprint density at radius 1 is 1.38 bits per heavy atom. The number of aromatic nitrogens is 2. The van der Waals surface area contributed by atoms with Crippen LogP contribution in [-0.2, 0) is 4.74 Å². The number of anilines is 1. The number of nitrogens with zero attached hydrogens (tertiary/aromatic N) is 2. The summed E-state index contributed by atoms with van der Waals surface area (Å²) in [5.41, 5.74) is 7.33. The summed E-state index contributed by atoms with van der Waals surface area (Å²) >= 11 is 4.33. The molecule has 0 saturated heterocycles. The molecule has 0 bridgehead atoms. The van der Waals surface area contributed by atoms with Crippen LogP contribution in [-0.4, -0.2) is 23.8 Å². The van der Waals surface area contributed by atoms with Gasteiger partial charge < -0.3 is 15.0 Å². The molecule has 1 aromatic carbocycles. The van der Waals surface area contributed by atoms with Crippen molar-refractivity contribution in [3.63, 3.8) is 0 Å². The molecule has 0 amide bonds. The predicted molar refractivity (Wildman–Crippen MR) is 68.2 cm³/mol. The van der Waals surface area contributed by atoms with Crippen molar-refractivity contribution >= 4 is 18.3 Å². The van der Waals surface area contributed by atoms with Crippen LogP contribution < -0.4 is 5.73 Å². The van der Waals surface area contributed by atoms with Crippen molar-refractivity contribution in [2.45, 2.75) is 4.90 Å². The summed E-state index contributed by atoms with van der Waals surface area (Å²) < 4.78 is 6.12. The molecule has 0 fully saturated rings. The Bertz CT molecular complexity index is 429. The number of ether oxygens (including phenoxy) is 1. The van der Waals surface area contributed by atoms with Gasteiger partial charge in [0.05, 0.1) is 12.0 Å². The molecule has 0 aliphatic rings. The van der Waals surface area contributed by atoms with Gasteiger partial charge in [0.2, 0.25) is 0 Å². The normalized spacial score (nSPS) is 9.44. The van der Waals surface area contributed by atoms with Crippen LogP contribution in [0.5, 0.6) is 0 Å². The SMILES string of the molecule is COC.Nc1ccc(S)c(-n2ccnc2)c1. The highest BCUT2D eigenvalue weighted by Crippen LogP contribution is 2.20. The number of nitrogen functional groups attached to an aromatic ring is 1. The van der Waals surface area contributed by atoms with Crippen LogP contribution in [0.2, 0.25) is 0 Å². The van der Waals surface area contributed by atoms with E-state index in [9.17, 15) is 0 Å². The van der Waals surface area contributed by atoms with Crippen LogP contribution in [0.15, 0.2) is 41.8 Å². The fourth-order valence-corrected chi connectivity index (χ4v) is 1.40. The molecule has 0 aliphatic heterocycles. The highest BCUT2D eigenvalue weighted by molar-refractivity contribution is 7.80. The number of imidazole rings is 1. The zero-order valence-corrected chi connectivity index (χ0v) is 10.2. The van der Waals surface area contributed by atoms with Crippen LogP contribution in [0.4, 0.5) is 5.69 Å². The van der Waals surface area contributed by atoms with Gasteiger partial charge in [0.15, 0.2) is 0 Å². The summed E-state index contributed by atoms with van der Waals surface area (Å²) in [6, 6.07) is 5.56. The summed E-state index contributed by atoms with van der Waals surface area (Å²) in [5, 5.41) is 0. The number of rotatable bonds is 1. The zero-order valence-electron chi connectivity index (χ0n) is 9.29. The highest BCUT2D eigenvalue weighted by atomic mass is 32.1. The van der Waals surface area contributed by atoms with E-state index in [1.54, 1.807) is 26.7 Å². The lowest BCUT2D eigenvalue weighted by Crippen LogP contribution is -1.94. The van der Waals surface area contributed by atoms with Gasteiger partial charge in [-0.05, 0) is 18.2 Å². The van der Waals surface area contributed by atoms with Crippen molar-refractivity contribution in [2.24, 2.45) is 0 Å². The minimum atomic E-state index is 0.724. The number of hydrogen-bond acceptors (Lipinski definition) is 4. The summed E-state index contributed by atoms with van der Waals surface area (Å²) in [7, 11) is 3.25. The molecule has 0 radical (unpaired) electrons. The molecule has 0 atom stereocenters. The van der Waals surface area contributed by atoms with Gasteiger partial charge in [-0.2, -0.15) is 0 Å². The Morgan fingerprint density at radius 2 is 2.06 bits per heavy atom. The summed E-state index contributed by atoms with van der Waals surface area (Å²) in [5.74, 6) is 0. The molecular weight excluding hydrogens is 222 g/mol. The van der Waals surface area contributed by atoms with Crippen LogP contribution in [0, 0.1) is 0 Å². The van der Waals surface area contributed by atoms with E-state index < -0.39 is 0 Å². The van der Waals surface area contributed by atoms with E-state index in [1.165, 1.54) is 0 Å². The van der Waals surface area contributed by atoms with Crippen molar-refractivity contribution in [1.82, 2.24) is 9.55 Å². The topological polar surface area (TPSA) is 53.1 Å². The lowest BCUT2D eigenvalue weighted by molar-refractivity contribution is 0.277. The van der Waals surface area contributed by atoms with Crippen LogP contribution in [0.25, 0.3) is 5.69 Å². The van der Waals surface area contributed by atoms with Crippen molar-refractivity contribution < 1.29 is 4.74 Å². The van der Waals surface area contributed by atoms with E-state index >= 15 is 0 Å². The van der Waals surface area contributed by atoms with E-state index in [-0.39, 0.29) is 0 Å². The molecular formula is C11H15N3OS. The fourth-order valence-electron chi connectivity index (χ4n) is 1.15. The molecule has 4 nitrogen and oxygen atoms in total. The van der Waals surface area contributed by atoms with Crippen molar-refractivity contribution in [3.8, 4) is 5.69 Å². The minimum absolute atomic E-state index is 0.724. The summed E-state index contributed by atoms with van der Waals surface area (Å²) in [6.45, 7) is 0. The Kier molecular flexibility index (Phi) is 4.88. The third-order valence-electron chi connectivity index (χ3n) is 1.78. The molecule has 0 saturated carbocycles. The van der Waals surface area contributed by atoms with Crippen molar-refractivity contribution in [3.05, 3.63) is 36.9 Å². The predicted octanol–water partition coefficient (Wildman–Crippen LogP) is 2.01. The molecule has 1 aromatic heterocycles. The lowest BCUT2D eigenvalue weighted by Gasteiger charge is -2.05. The molecule has 2 aromatic rings. The number of nitrogens with two attached hydrogens (primary N) is 1. The number of hydrogen-bond donors (Lipinski definition) is 2. The van der Waals surface area contributed by atoms with E-state index in [4.69, 9.17) is 5.73 Å². The van der Waals surface area contributed by atoms with E-state index in [0.717, 1.165) is 16.3 Å². The van der Waals surface area contributed by atoms with Gasteiger partial charge in [0.1, 0.15) is 0 Å². The van der Waals surface area contributed by atoms with Gasteiger partial charge in [-0.1, -0.05) is 0 Å². The Hall–Kier alpha value is -1.46. The zero-order chi connectivity index (χ0) is 12.0. The molecule has 2 N–H and O–H groups in total. The monoisotopic (exact) mass is 237 g/mol. The molecule has 86 valence electrons. The highest BCUT2D eigenvalue weighted by Gasteiger charge is 2.00. The van der Waals surface area contributed by atoms with E-state index in [1.807, 2.05) is 29.0 Å². The maximum Gasteiger partial charge on any atom is 0.0992 e. The summed E-state index contributed by atoms with van der Waals surface area (Å²) in [6.07, 6.45) is 5.29. The Morgan fingerprint density at radius 3 is 2.62 bits per heavy atom. The van der Waals surface area contributed by atoms with Gasteiger partial charge in [-0.3, -0.25) is 0 Å². The standard InChI is InChI=1S/C9H9N3S.C2H6O/c10-7-1-2-9(13)8(5-7)12-4-3-11-6-12;1-3-2/h1-6,13H,10H2;1-2H3. The van der Waals surface area contributed by atoms with Gasteiger partial charge in [0.25, 0.3) is 0 Å². The second-order valence-electron chi connectivity index (χ2n) is 3.13. The average Bonchev–Trinajstić information content (AvgIpc) is 2.76. The number of thiol groups is 1. The summed E-state index contributed by atoms with van der Waals surface area (Å²) in [4.78, 5) is 4.84. The molecule has 2 rings (SSSR count). The maximum atomic E-state index is 5.67. The van der Waals surface area contributed by atoms with Crippen molar-refractivity contribution in [2.75, 3.05) is 20.0 Å².